The number of hydrogen-bond acceptors (Lipinski definition) is 5. The summed E-state index contributed by atoms with van der Waals surface area (Å²) in [7, 11) is 0. The summed E-state index contributed by atoms with van der Waals surface area (Å²) in [5.74, 6) is -0.140. The molecule has 0 unspecified atom stereocenters. The Morgan fingerprint density at radius 2 is 2.13 bits per heavy atom. The molecule has 0 saturated carbocycles. The van der Waals surface area contributed by atoms with E-state index in [0.717, 1.165) is 37.3 Å². The fourth-order valence-corrected chi connectivity index (χ4v) is 2.90. The first kappa shape index (κ1) is 15.5. The number of anilines is 1. The molecule has 0 aliphatic carbocycles. The van der Waals surface area contributed by atoms with E-state index in [-0.39, 0.29) is 5.82 Å². The van der Waals surface area contributed by atoms with Gasteiger partial charge in [0.05, 0.1) is 6.61 Å². The summed E-state index contributed by atoms with van der Waals surface area (Å²) in [5, 5.41) is 0. The summed E-state index contributed by atoms with van der Waals surface area (Å²) in [4.78, 5) is 18.7. The SMILES string of the molecule is CCOC(=O)c1cc2c(nc1N)CCN(Cc1ccccc1)C2. The number of aromatic nitrogens is 1. The number of carbonyl (C=O) groups excluding carboxylic acids is 1. The van der Waals surface area contributed by atoms with Crippen molar-refractivity contribution < 1.29 is 9.53 Å². The number of ether oxygens (including phenoxy) is 1. The number of nitrogen functional groups attached to an aromatic ring is 1. The highest BCUT2D eigenvalue weighted by atomic mass is 16.5. The molecule has 23 heavy (non-hydrogen) atoms. The molecule has 1 aromatic carbocycles. The van der Waals surface area contributed by atoms with Gasteiger partial charge in [0, 0.05) is 31.7 Å². The van der Waals surface area contributed by atoms with Gasteiger partial charge in [-0.25, -0.2) is 9.78 Å². The summed E-state index contributed by atoms with van der Waals surface area (Å²) in [5.41, 5.74) is 9.60. The molecule has 2 aromatic rings. The molecule has 5 nitrogen and oxygen atoms in total. The van der Waals surface area contributed by atoms with Crippen LogP contribution in [-0.4, -0.2) is 29.0 Å². The summed E-state index contributed by atoms with van der Waals surface area (Å²) in [6.07, 6.45) is 0.843. The average Bonchev–Trinajstić information content (AvgIpc) is 2.55. The van der Waals surface area contributed by atoms with Gasteiger partial charge in [-0.1, -0.05) is 30.3 Å². The maximum absolute atomic E-state index is 12.0. The van der Waals surface area contributed by atoms with Gasteiger partial charge < -0.3 is 10.5 Å². The zero-order valence-electron chi connectivity index (χ0n) is 13.3. The first-order valence-corrected chi connectivity index (χ1v) is 7.89. The fraction of sp³-hybridized carbons (Fsp3) is 0.333. The van der Waals surface area contributed by atoms with Crippen molar-refractivity contribution in [2.45, 2.75) is 26.4 Å². The van der Waals surface area contributed by atoms with E-state index >= 15 is 0 Å². The van der Waals surface area contributed by atoms with Gasteiger partial charge in [0.1, 0.15) is 11.4 Å². The number of hydrogen-bond donors (Lipinski definition) is 1. The minimum Gasteiger partial charge on any atom is -0.462 e. The van der Waals surface area contributed by atoms with Crippen LogP contribution in [0.15, 0.2) is 36.4 Å². The van der Waals surface area contributed by atoms with E-state index in [1.165, 1.54) is 5.56 Å². The molecule has 0 saturated heterocycles. The van der Waals surface area contributed by atoms with Gasteiger partial charge in [0.15, 0.2) is 0 Å². The number of nitrogens with two attached hydrogens (primary N) is 1. The predicted octanol–water partition coefficient (Wildman–Crippen LogP) is 2.40. The molecule has 3 rings (SSSR count). The molecule has 0 radical (unpaired) electrons. The lowest BCUT2D eigenvalue weighted by molar-refractivity contribution is 0.0527. The monoisotopic (exact) mass is 311 g/mol. The zero-order valence-corrected chi connectivity index (χ0v) is 13.3. The smallest absolute Gasteiger partial charge is 0.341 e. The van der Waals surface area contributed by atoms with Gasteiger partial charge in [0.25, 0.3) is 0 Å². The summed E-state index contributed by atoms with van der Waals surface area (Å²) < 4.78 is 5.05. The van der Waals surface area contributed by atoms with Crippen molar-refractivity contribution in [1.29, 1.82) is 0 Å². The third-order valence-corrected chi connectivity index (χ3v) is 4.02. The molecule has 1 aliphatic heterocycles. The lowest BCUT2D eigenvalue weighted by Crippen LogP contribution is -2.31. The number of rotatable bonds is 4. The number of esters is 1. The second-order valence-corrected chi connectivity index (χ2v) is 5.69. The second kappa shape index (κ2) is 6.79. The van der Waals surface area contributed by atoms with Crippen LogP contribution in [0.5, 0.6) is 0 Å². The van der Waals surface area contributed by atoms with Crippen LogP contribution >= 0.6 is 0 Å². The topological polar surface area (TPSA) is 68.4 Å². The molecule has 0 amide bonds. The van der Waals surface area contributed by atoms with Gasteiger partial charge in [-0.05, 0) is 24.1 Å². The van der Waals surface area contributed by atoms with E-state index in [1.807, 2.05) is 24.3 Å². The van der Waals surface area contributed by atoms with Crippen molar-refractivity contribution in [3.63, 3.8) is 0 Å². The van der Waals surface area contributed by atoms with Gasteiger partial charge in [-0.15, -0.1) is 0 Å². The number of benzene rings is 1. The van der Waals surface area contributed by atoms with Gasteiger partial charge >= 0.3 is 5.97 Å². The number of fused-ring (bicyclic) bond motifs is 1. The second-order valence-electron chi connectivity index (χ2n) is 5.69. The van der Waals surface area contributed by atoms with Crippen LogP contribution in [0.3, 0.4) is 0 Å². The van der Waals surface area contributed by atoms with E-state index in [9.17, 15) is 4.79 Å². The highest BCUT2D eigenvalue weighted by Crippen LogP contribution is 2.23. The Hall–Kier alpha value is -2.40. The molecule has 0 fully saturated rings. The molecule has 1 aliphatic rings. The number of carbonyl (C=O) groups is 1. The number of pyridine rings is 1. The van der Waals surface area contributed by atoms with E-state index < -0.39 is 5.97 Å². The van der Waals surface area contributed by atoms with Crippen molar-refractivity contribution >= 4 is 11.8 Å². The van der Waals surface area contributed by atoms with E-state index in [4.69, 9.17) is 10.5 Å². The summed E-state index contributed by atoms with van der Waals surface area (Å²) >= 11 is 0. The van der Waals surface area contributed by atoms with E-state index in [2.05, 4.69) is 22.0 Å². The summed E-state index contributed by atoms with van der Waals surface area (Å²) in [6, 6.07) is 12.2. The molecule has 0 atom stereocenters. The lowest BCUT2D eigenvalue weighted by Gasteiger charge is -2.28. The largest absolute Gasteiger partial charge is 0.462 e. The molecule has 2 N–H and O–H groups in total. The fourth-order valence-electron chi connectivity index (χ4n) is 2.90. The van der Waals surface area contributed by atoms with Crippen molar-refractivity contribution in [3.8, 4) is 0 Å². The average molecular weight is 311 g/mol. The quantitative estimate of drug-likeness (QED) is 0.878. The lowest BCUT2D eigenvalue weighted by atomic mass is 10.0. The highest BCUT2D eigenvalue weighted by molar-refractivity contribution is 5.94. The Bertz CT molecular complexity index is 701. The van der Waals surface area contributed by atoms with Crippen LogP contribution in [0.25, 0.3) is 0 Å². The molecule has 1 aromatic heterocycles. The Balaban J connectivity index is 1.79. The minimum absolute atomic E-state index is 0.263. The molecule has 0 spiro atoms. The van der Waals surface area contributed by atoms with Crippen molar-refractivity contribution in [1.82, 2.24) is 9.88 Å². The molecule has 2 heterocycles. The maximum Gasteiger partial charge on any atom is 0.341 e. The third-order valence-electron chi connectivity index (χ3n) is 4.02. The minimum atomic E-state index is -0.402. The van der Waals surface area contributed by atoms with E-state index in [1.54, 1.807) is 6.92 Å². The predicted molar refractivity (Wildman–Crippen MR) is 88.9 cm³/mol. The van der Waals surface area contributed by atoms with Crippen molar-refractivity contribution in [2.24, 2.45) is 0 Å². The van der Waals surface area contributed by atoms with E-state index in [0.29, 0.717) is 12.2 Å². The zero-order chi connectivity index (χ0) is 16.2. The summed E-state index contributed by atoms with van der Waals surface area (Å²) in [6.45, 7) is 4.70. The van der Waals surface area contributed by atoms with Crippen molar-refractivity contribution in [2.75, 3.05) is 18.9 Å². The first-order valence-electron chi connectivity index (χ1n) is 7.89. The van der Waals surface area contributed by atoms with Crippen LogP contribution in [0.4, 0.5) is 5.82 Å². The van der Waals surface area contributed by atoms with Crippen LogP contribution in [0.1, 0.15) is 34.1 Å². The first-order chi connectivity index (χ1) is 11.2. The standard InChI is InChI=1S/C18H21N3O2/c1-2-23-18(22)15-10-14-12-21(9-8-16(14)20-17(15)19)11-13-6-4-3-5-7-13/h3-7,10H,2,8-9,11-12H2,1H3,(H2,19,20). The van der Waals surface area contributed by atoms with Crippen molar-refractivity contribution in [3.05, 3.63) is 58.8 Å². The molecular formula is C18H21N3O2. The van der Waals surface area contributed by atoms with Crippen LogP contribution in [-0.2, 0) is 24.2 Å². The Morgan fingerprint density at radius 1 is 1.35 bits per heavy atom. The van der Waals surface area contributed by atoms with Gasteiger partial charge in [-0.3, -0.25) is 4.90 Å². The molecule has 5 heteroatoms. The normalized spacial score (nSPS) is 14.3. The van der Waals surface area contributed by atoms with Crippen LogP contribution in [0.2, 0.25) is 0 Å². The Labute approximate surface area is 136 Å². The highest BCUT2D eigenvalue weighted by Gasteiger charge is 2.22. The molecule has 0 bridgehead atoms. The Kier molecular flexibility index (Phi) is 4.57. The van der Waals surface area contributed by atoms with Gasteiger partial charge in [-0.2, -0.15) is 0 Å². The Morgan fingerprint density at radius 3 is 2.87 bits per heavy atom. The molecular weight excluding hydrogens is 290 g/mol. The number of nitrogens with zero attached hydrogens (tertiary/aromatic N) is 2. The van der Waals surface area contributed by atoms with Gasteiger partial charge in [0.2, 0.25) is 0 Å². The third kappa shape index (κ3) is 3.51. The van der Waals surface area contributed by atoms with Crippen LogP contribution < -0.4 is 5.73 Å². The molecule has 120 valence electrons. The van der Waals surface area contributed by atoms with Crippen LogP contribution in [0, 0.1) is 0 Å². The maximum atomic E-state index is 12.0.